The molecule has 0 unspecified atom stereocenters. The molecular formula is C14H19N3O2. The van der Waals surface area contributed by atoms with Crippen LogP contribution in [-0.4, -0.2) is 34.1 Å². The first-order chi connectivity index (χ1) is 9.19. The maximum Gasteiger partial charge on any atom is 0.356 e. The van der Waals surface area contributed by atoms with Crippen LogP contribution in [0.5, 0.6) is 0 Å². The van der Waals surface area contributed by atoms with E-state index in [4.69, 9.17) is 5.11 Å². The van der Waals surface area contributed by atoms with Crippen molar-refractivity contribution in [1.82, 2.24) is 9.97 Å². The van der Waals surface area contributed by atoms with Crippen molar-refractivity contribution >= 4 is 11.8 Å². The highest BCUT2D eigenvalue weighted by molar-refractivity contribution is 5.84. The second kappa shape index (κ2) is 4.79. The quantitative estimate of drug-likeness (QED) is 0.885. The summed E-state index contributed by atoms with van der Waals surface area (Å²) in [6.07, 6.45) is 10.9. The number of aromatic nitrogens is 2. The van der Waals surface area contributed by atoms with Crippen molar-refractivity contribution in [3.63, 3.8) is 0 Å². The maximum absolute atomic E-state index is 10.7. The number of aromatic carboxylic acids is 1. The van der Waals surface area contributed by atoms with Crippen molar-refractivity contribution in [2.24, 2.45) is 5.41 Å². The number of hydrogen-bond donors (Lipinski definition) is 1. The Kier molecular flexibility index (Phi) is 3.12. The molecule has 102 valence electrons. The topological polar surface area (TPSA) is 66.3 Å². The van der Waals surface area contributed by atoms with Crippen LogP contribution in [0, 0.1) is 5.41 Å². The number of nitrogens with zero attached hydrogens (tertiary/aromatic N) is 3. The van der Waals surface area contributed by atoms with Gasteiger partial charge < -0.3 is 10.0 Å². The predicted octanol–water partition coefficient (Wildman–Crippen LogP) is 2.34. The van der Waals surface area contributed by atoms with Gasteiger partial charge in [-0.3, -0.25) is 0 Å². The average Bonchev–Trinajstić information content (AvgIpc) is 2.88. The molecule has 19 heavy (non-hydrogen) atoms. The van der Waals surface area contributed by atoms with Gasteiger partial charge in [0.1, 0.15) is 5.82 Å². The van der Waals surface area contributed by atoms with E-state index < -0.39 is 5.97 Å². The van der Waals surface area contributed by atoms with Crippen LogP contribution in [0.1, 0.15) is 49.0 Å². The highest BCUT2D eigenvalue weighted by Gasteiger charge is 2.37. The molecule has 1 aliphatic carbocycles. The number of hydrogen-bond acceptors (Lipinski definition) is 4. The predicted molar refractivity (Wildman–Crippen MR) is 71.3 cm³/mol. The van der Waals surface area contributed by atoms with Crippen molar-refractivity contribution in [1.29, 1.82) is 0 Å². The number of carbonyl (C=O) groups is 1. The Morgan fingerprint density at radius 1 is 1.11 bits per heavy atom. The van der Waals surface area contributed by atoms with Crippen LogP contribution >= 0.6 is 0 Å². The molecule has 1 saturated heterocycles. The largest absolute Gasteiger partial charge is 0.476 e. The molecular weight excluding hydrogens is 242 g/mol. The fourth-order valence-corrected chi connectivity index (χ4v) is 3.43. The minimum atomic E-state index is -1.03. The highest BCUT2D eigenvalue weighted by Crippen LogP contribution is 2.46. The van der Waals surface area contributed by atoms with Gasteiger partial charge >= 0.3 is 5.97 Å². The molecule has 2 fully saturated rings. The van der Waals surface area contributed by atoms with E-state index in [0.29, 0.717) is 5.41 Å². The monoisotopic (exact) mass is 261 g/mol. The Balaban J connectivity index is 1.66. The number of rotatable bonds is 2. The summed E-state index contributed by atoms with van der Waals surface area (Å²) in [5, 5.41) is 8.81. The molecule has 1 N–H and O–H groups in total. The maximum atomic E-state index is 10.7. The third kappa shape index (κ3) is 2.41. The lowest BCUT2D eigenvalue weighted by Crippen LogP contribution is -2.39. The van der Waals surface area contributed by atoms with Gasteiger partial charge in [0, 0.05) is 13.1 Å². The number of carboxylic acid groups (broad SMARTS) is 1. The van der Waals surface area contributed by atoms with Crippen LogP contribution in [0.4, 0.5) is 5.82 Å². The zero-order valence-corrected chi connectivity index (χ0v) is 11.0. The Bertz CT molecular complexity index is 456. The fourth-order valence-electron chi connectivity index (χ4n) is 3.43. The Hall–Kier alpha value is -1.65. The van der Waals surface area contributed by atoms with E-state index in [1.165, 1.54) is 44.7 Å². The molecule has 3 rings (SSSR count). The summed E-state index contributed by atoms with van der Waals surface area (Å²) in [5.41, 5.74) is 0.596. The van der Waals surface area contributed by atoms with Crippen molar-refractivity contribution in [2.45, 2.75) is 38.5 Å². The summed E-state index contributed by atoms with van der Waals surface area (Å²) < 4.78 is 0. The normalized spacial score (nSPS) is 21.8. The van der Waals surface area contributed by atoms with Gasteiger partial charge in [0.15, 0.2) is 5.69 Å². The van der Waals surface area contributed by atoms with E-state index in [-0.39, 0.29) is 5.69 Å². The van der Waals surface area contributed by atoms with E-state index >= 15 is 0 Å². The molecule has 0 amide bonds. The molecule has 1 spiro atoms. The van der Waals surface area contributed by atoms with Crippen LogP contribution in [-0.2, 0) is 0 Å². The second-order valence-electron chi connectivity index (χ2n) is 5.76. The third-order valence-electron chi connectivity index (χ3n) is 4.67. The molecule has 1 aliphatic heterocycles. The van der Waals surface area contributed by atoms with Gasteiger partial charge in [0.25, 0.3) is 0 Å². The molecule has 1 saturated carbocycles. The van der Waals surface area contributed by atoms with Gasteiger partial charge in [-0.1, -0.05) is 12.8 Å². The van der Waals surface area contributed by atoms with Crippen LogP contribution in [0.25, 0.3) is 0 Å². The fraction of sp³-hybridized carbons (Fsp3) is 0.643. The third-order valence-corrected chi connectivity index (χ3v) is 4.67. The van der Waals surface area contributed by atoms with Crippen LogP contribution in [0.15, 0.2) is 12.4 Å². The molecule has 2 aliphatic rings. The summed E-state index contributed by atoms with van der Waals surface area (Å²) in [7, 11) is 0. The minimum absolute atomic E-state index is 0.00743. The Labute approximate surface area is 112 Å². The second-order valence-corrected chi connectivity index (χ2v) is 5.76. The van der Waals surface area contributed by atoms with Gasteiger partial charge in [-0.2, -0.15) is 0 Å². The summed E-state index contributed by atoms with van der Waals surface area (Å²) in [6.45, 7) is 2.03. The van der Waals surface area contributed by atoms with Gasteiger partial charge in [-0.15, -0.1) is 0 Å². The SMILES string of the molecule is O=C(O)c1cnc(N2CCC3(CCCC3)CC2)cn1. The Morgan fingerprint density at radius 2 is 1.79 bits per heavy atom. The minimum Gasteiger partial charge on any atom is -0.476 e. The first-order valence-electron chi connectivity index (χ1n) is 6.99. The summed E-state index contributed by atoms with van der Waals surface area (Å²) in [6, 6.07) is 0. The summed E-state index contributed by atoms with van der Waals surface area (Å²) >= 11 is 0. The van der Waals surface area contributed by atoms with E-state index in [1.807, 2.05) is 0 Å². The number of piperidine rings is 1. The van der Waals surface area contributed by atoms with Gasteiger partial charge in [0.05, 0.1) is 12.4 Å². The molecule has 1 aromatic rings. The standard InChI is InChI=1S/C14H19N3O2/c18-13(19)11-9-16-12(10-15-11)17-7-5-14(6-8-17)3-1-2-4-14/h9-10H,1-8H2,(H,18,19). The number of anilines is 1. The summed E-state index contributed by atoms with van der Waals surface area (Å²) in [4.78, 5) is 21.1. The molecule has 2 heterocycles. The molecule has 0 bridgehead atoms. The van der Waals surface area contributed by atoms with Crippen molar-refractivity contribution in [3.05, 3.63) is 18.1 Å². The summed E-state index contributed by atoms with van der Waals surface area (Å²) in [5.74, 6) is -0.222. The smallest absolute Gasteiger partial charge is 0.356 e. The zero-order chi connectivity index (χ0) is 13.3. The van der Waals surface area contributed by atoms with Crippen LogP contribution in [0.3, 0.4) is 0 Å². The van der Waals surface area contributed by atoms with Crippen molar-refractivity contribution in [2.75, 3.05) is 18.0 Å². The van der Waals surface area contributed by atoms with Crippen LogP contribution < -0.4 is 4.90 Å². The molecule has 0 radical (unpaired) electrons. The molecule has 5 nitrogen and oxygen atoms in total. The first-order valence-corrected chi connectivity index (χ1v) is 6.99. The lowest BCUT2D eigenvalue weighted by Gasteiger charge is -2.39. The highest BCUT2D eigenvalue weighted by atomic mass is 16.4. The first kappa shape index (κ1) is 12.4. The lowest BCUT2D eigenvalue weighted by molar-refractivity contribution is 0.0690. The average molecular weight is 261 g/mol. The van der Waals surface area contributed by atoms with Gasteiger partial charge in [-0.25, -0.2) is 14.8 Å². The molecule has 5 heteroatoms. The molecule has 0 atom stereocenters. The van der Waals surface area contributed by atoms with Crippen molar-refractivity contribution in [3.8, 4) is 0 Å². The van der Waals surface area contributed by atoms with Gasteiger partial charge in [-0.05, 0) is 31.1 Å². The number of carboxylic acids is 1. The lowest BCUT2D eigenvalue weighted by atomic mass is 9.77. The van der Waals surface area contributed by atoms with Gasteiger partial charge in [0.2, 0.25) is 0 Å². The van der Waals surface area contributed by atoms with E-state index in [1.54, 1.807) is 6.20 Å². The van der Waals surface area contributed by atoms with E-state index in [0.717, 1.165) is 18.9 Å². The van der Waals surface area contributed by atoms with E-state index in [2.05, 4.69) is 14.9 Å². The van der Waals surface area contributed by atoms with E-state index in [9.17, 15) is 4.79 Å². The molecule has 0 aromatic carbocycles. The molecule has 1 aromatic heterocycles. The van der Waals surface area contributed by atoms with Crippen molar-refractivity contribution < 1.29 is 9.90 Å². The van der Waals surface area contributed by atoms with Crippen LogP contribution in [0.2, 0.25) is 0 Å². The zero-order valence-electron chi connectivity index (χ0n) is 11.0. The Morgan fingerprint density at radius 3 is 2.32 bits per heavy atom.